The molecule has 2 aliphatic rings. The molecule has 1 aliphatic heterocycles. The fourth-order valence-corrected chi connectivity index (χ4v) is 7.53. The molecule has 2 aromatic rings. The van der Waals surface area contributed by atoms with Crippen molar-refractivity contribution in [1.29, 1.82) is 0 Å². The minimum absolute atomic E-state index is 0.0794. The molecule has 7 nitrogen and oxygen atoms in total. The topological polar surface area (TPSA) is 88.8 Å². The molecule has 4 rings (SSSR count). The summed E-state index contributed by atoms with van der Waals surface area (Å²) in [7, 11) is -4.28. The summed E-state index contributed by atoms with van der Waals surface area (Å²) in [6, 6.07) is 6.45. The highest BCUT2D eigenvalue weighted by Gasteiger charge is 2.54. The van der Waals surface area contributed by atoms with Crippen molar-refractivity contribution in [2.24, 2.45) is 5.92 Å². The maximum absolute atomic E-state index is 13.9. The number of pyridine rings is 1. The van der Waals surface area contributed by atoms with Crippen LogP contribution in [0, 0.1) is 11.7 Å². The van der Waals surface area contributed by atoms with E-state index in [4.69, 9.17) is 10.5 Å². The maximum Gasteiger partial charge on any atom is 0.511 e. The Morgan fingerprint density at radius 3 is 2.58 bits per heavy atom. The number of halogens is 4. The van der Waals surface area contributed by atoms with Crippen LogP contribution in [0.3, 0.4) is 0 Å². The molecule has 0 radical (unpaired) electrons. The number of hydrogen-bond acceptors (Lipinski definition) is 7. The van der Waals surface area contributed by atoms with Gasteiger partial charge in [-0.25, -0.2) is 12.8 Å². The summed E-state index contributed by atoms with van der Waals surface area (Å²) in [5.74, 6) is 0.0156. The van der Waals surface area contributed by atoms with Gasteiger partial charge in [0.05, 0.1) is 36.1 Å². The van der Waals surface area contributed by atoms with Gasteiger partial charge in [0.1, 0.15) is 5.75 Å². The van der Waals surface area contributed by atoms with Crippen molar-refractivity contribution in [2.75, 3.05) is 30.5 Å². The van der Waals surface area contributed by atoms with Crippen molar-refractivity contribution >= 4 is 33.2 Å². The fraction of sp³-hybridized carbons (Fsp3) is 0.560. The molecule has 1 aromatic carbocycles. The Kier molecular flexibility index (Phi) is 8.39. The average molecular weight is 577 g/mol. The molecular formula is C25H32F4N4O3S2. The Morgan fingerprint density at radius 2 is 1.97 bits per heavy atom. The zero-order valence-corrected chi connectivity index (χ0v) is 22.9. The molecule has 0 saturated heterocycles. The Morgan fingerprint density at radius 1 is 1.26 bits per heavy atom. The molecule has 38 heavy (non-hydrogen) atoms. The molecule has 0 amide bonds. The van der Waals surface area contributed by atoms with E-state index in [0.29, 0.717) is 33.6 Å². The van der Waals surface area contributed by atoms with E-state index < -0.39 is 39.3 Å². The quantitative estimate of drug-likeness (QED) is 0.415. The van der Waals surface area contributed by atoms with Crippen molar-refractivity contribution in [3.8, 4) is 5.75 Å². The third-order valence-corrected chi connectivity index (χ3v) is 10.4. The van der Waals surface area contributed by atoms with Crippen molar-refractivity contribution < 1.29 is 30.7 Å². The van der Waals surface area contributed by atoms with E-state index in [-0.39, 0.29) is 18.0 Å². The van der Waals surface area contributed by atoms with Gasteiger partial charge in [0.15, 0.2) is 5.82 Å². The number of thioether (sulfide) groups is 1. The first-order valence-electron chi connectivity index (χ1n) is 12.4. The maximum atomic E-state index is 13.9. The zero-order valence-electron chi connectivity index (χ0n) is 21.3. The third kappa shape index (κ3) is 5.55. The predicted molar refractivity (Wildman–Crippen MR) is 141 cm³/mol. The molecule has 1 aromatic heterocycles. The first-order valence-corrected chi connectivity index (χ1v) is 15.0. The molecular weight excluding hydrogens is 544 g/mol. The van der Waals surface area contributed by atoms with Gasteiger partial charge in [0.25, 0.3) is 0 Å². The lowest BCUT2D eigenvalue weighted by molar-refractivity contribution is -0.0493. The third-order valence-electron chi connectivity index (χ3n) is 7.56. The fourth-order valence-electron chi connectivity index (χ4n) is 5.48. The van der Waals surface area contributed by atoms with Crippen molar-refractivity contribution in [2.45, 2.75) is 62.0 Å². The van der Waals surface area contributed by atoms with E-state index in [9.17, 15) is 26.0 Å². The van der Waals surface area contributed by atoms with Crippen LogP contribution in [-0.4, -0.2) is 48.0 Å². The second-order valence-electron chi connectivity index (χ2n) is 9.80. The van der Waals surface area contributed by atoms with Crippen LogP contribution < -0.4 is 15.4 Å². The van der Waals surface area contributed by atoms with E-state index >= 15 is 0 Å². The number of nitrogen functional groups attached to an aromatic ring is 1. The van der Waals surface area contributed by atoms with Crippen molar-refractivity contribution in [1.82, 2.24) is 9.29 Å². The second kappa shape index (κ2) is 11.1. The van der Waals surface area contributed by atoms with Gasteiger partial charge in [0.2, 0.25) is 0 Å². The van der Waals surface area contributed by atoms with E-state index in [2.05, 4.69) is 4.98 Å². The van der Waals surface area contributed by atoms with Gasteiger partial charge in [0, 0.05) is 24.3 Å². The molecule has 1 saturated carbocycles. The van der Waals surface area contributed by atoms with Gasteiger partial charge in [-0.3, -0.25) is 4.98 Å². The molecule has 1 aliphatic carbocycles. The molecule has 2 heterocycles. The van der Waals surface area contributed by atoms with Crippen LogP contribution in [-0.2, 0) is 23.1 Å². The summed E-state index contributed by atoms with van der Waals surface area (Å²) in [6.07, 6.45) is 8.24. The molecule has 1 atom stereocenters. The smallest absolute Gasteiger partial charge is 0.496 e. The number of nitrogens with two attached hydrogens (primary N) is 1. The van der Waals surface area contributed by atoms with Crippen LogP contribution in [0.15, 0.2) is 30.5 Å². The number of anilines is 2. The van der Waals surface area contributed by atoms with Crippen LogP contribution in [0.1, 0.15) is 49.8 Å². The summed E-state index contributed by atoms with van der Waals surface area (Å²) in [6.45, 7) is -0.838. The number of benzene rings is 1. The summed E-state index contributed by atoms with van der Waals surface area (Å²) in [5.41, 5.74) is 1.49. The lowest BCUT2D eigenvalue weighted by atomic mass is 9.96. The van der Waals surface area contributed by atoms with Crippen LogP contribution in [0.5, 0.6) is 5.75 Å². The minimum Gasteiger partial charge on any atom is -0.496 e. The highest BCUT2D eigenvalue weighted by Crippen LogP contribution is 2.47. The summed E-state index contributed by atoms with van der Waals surface area (Å²) in [5, 5.41) is 0. The summed E-state index contributed by atoms with van der Waals surface area (Å²) < 4.78 is 87.2. The van der Waals surface area contributed by atoms with Crippen molar-refractivity contribution in [3.05, 3.63) is 47.5 Å². The van der Waals surface area contributed by atoms with E-state index in [0.717, 1.165) is 38.3 Å². The number of hydrogen-bond donors (Lipinski definition) is 1. The number of fused-ring (bicyclic) bond motifs is 1. The van der Waals surface area contributed by atoms with Crippen LogP contribution in [0.2, 0.25) is 0 Å². The lowest BCUT2D eigenvalue weighted by Crippen LogP contribution is -2.54. The van der Waals surface area contributed by atoms with Gasteiger partial charge in [-0.05, 0) is 43.2 Å². The normalized spacial score (nSPS) is 21.4. The average Bonchev–Trinajstić information content (AvgIpc) is 3.35. The molecule has 0 spiro atoms. The standard InChI is InChI=1S/C25H32F4N4O3S2/c1-36-23-9-5-8-22-19(23)15-32(38(34,35)25(27,28)29)16-24(37-2,11-10-17-6-3-4-7-17)33(22)14-18-12-21(30)20(26)13-31-18/h5,8-9,12-13,17H,3-4,6-7,10-11,14-16H2,1-2H3,(H2,30,31). The second-order valence-corrected chi connectivity index (χ2v) is 12.9. The lowest BCUT2D eigenvalue weighted by Gasteiger charge is -2.45. The summed E-state index contributed by atoms with van der Waals surface area (Å²) in [4.78, 5) is 4.99. The number of sulfonamides is 1. The van der Waals surface area contributed by atoms with Gasteiger partial charge in [-0.2, -0.15) is 17.5 Å². The number of aromatic nitrogens is 1. The monoisotopic (exact) mass is 576 g/mol. The molecule has 13 heteroatoms. The van der Waals surface area contributed by atoms with E-state index in [1.54, 1.807) is 24.5 Å². The SMILES string of the molecule is COc1cccc2c1CN(S(=O)(=O)C(F)(F)F)CC(CCC1CCCC1)(SC)N2Cc1cc(N)c(F)cn1. The first-order chi connectivity index (χ1) is 17.9. The van der Waals surface area contributed by atoms with E-state index in [1.165, 1.54) is 24.9 Å². The highest BCUT2D eigenvalue weighted by molar-refractivity contribution is 8.00. The summed E-state index contributed by atoms with van der Waals surface area (Å²) >= 11 is 1.31. The molecule has 1 fully saturated rings. The van der Waals surface area contributed by atoms with E-state index in [1.807, 2.05) is 4.90 Å². The Labute approximate surface area is 224 Å². The van der Waals surface area contributed by atoms with Crippen LogP contribution in [0.4, 0.5) is 28.9 Å². The Hall–Kier alpha value is -2.25. The van der Waals surface area contributed by atoms with Crippen LogP contribution in [0.25, 0.3) is 0 Å². The van der Waals surface area contributed by atoms with Gasteiger partial charge in [-0.15, -0.1) is 11.8 Å². The number of rotatable bonds is 8. The van der Waals surface area contributed by atoms with Crippen molar-refractivity contribution in [3.63, 3.8) is 0 Å². The highest BCUT2D eigenvalue weighted by atomic mass is 32.2. The molecule has 1 unspecified atom stereocenters. The predicted octanol–water partition coefficient (Wildman–Crippen LogP) is 5.51. The number of methoxy groups -OCH3 is 1. The largest absolute Gasteiger partial charge is 0.511 e. The molecule has 2 N–H and O–H groups in total. The first kappa shape index (κ1) is 28.8. The zero-order chi connectivity index (χ0) is 27.7. The van der Waals surface area contributed by atoms with Gasteiger partial charge >= 0.3 is 15.5 Å². The Balaban J connectivity index is 1.89. The minimum atomic E-state index is -5.67. The van der Waals surface area contributed by atoms with Gasteiger partial charge in [-0.1, -0.05) is 31.7 Å². The number of alkyl halides is 3. The molecule has 210 valence electrons. The van der Waals surface area contributed by atoms with Crippen LogP contribution >= 0.6 is 11.8 Å². The number of nitrogens with zero attached hydrogens (tertiary/aromatic N) is 3. The number of ether oxygens (including phenoxy) is 1. The van der Waals surface area contributed by atoms with Gasteiger partial charge < -0.3 is 15.4 Å². The Bertz CT molecular complexity index is 1260. The molecule has 0 bridgehead atoms.